The van der Waals surface area contributed by atoms with Crippen molar-refractivity contribution < 1.29 is 21.2 Å². The fourth-order valence-electron chi connectivity index (χ4n) is 1.17. The summed E-state index contributed by atoms with van der Waals surface area (Å²) >= 11 is 5.01. The molecule has 0 aromatic carbocycles. The Labute approximate surface area is 73.5 Å². The minimum atomic E-state index is 0.483. The molecule has 0 spiro atoms. The summed E-state index contributed by atoms with van der Waals surface area (Å²) in [5, 5.41) is 0. The molecule has 0 saturated carbocycles. The van der Waals surface area contributed by atoms with Gasteiger partial charge in [-0.15, -0.1) is 0 Å². The molecular weight excluding hydrogens is 243 g/mol. The van der Waals surface area contributed by atoms with Gasteiger partial charge in [-0.3, -0.25) is 0 Å². The Bertz CT molecular complexity index is 85.0. The van der Waals surface area contributed by atoms with Crippen LogP contribution in [-0.2, 0) is 0 Å². The van der Waals surface area contributed by atoms with Crippen LogP contribution in [0.25, 0.3) is 0 Å². The third kappa shape index (κ3) is 2.66. The molecule has 2 unspecified atom stereocenters. The van der Waals surface area contributed by atoms with Gasteiger partial charge in [0.15, 0.2) is 0 Å². The van der Waals surface area contributed by atoms with E-state index in [0.717, 1.165) is 9.17 Å². The van der Waals surface area contributed by atoms with Crippen molar-refractivity contribution in [2.45, 2.75) is 29.4 Å². The van der Waals surface area contributed by atoms with Gasteiger partial charge < -0.3 is 0 Å². The molecule has 0 amide bonds. The molecule has 0 aromatic rings. The SMILES string of the molecule is CCC1CC[I-]C(S)C1. The van der Waals surface area contributed by atoms with E-state index in [4.69, 9.17) is 0 Å². The van der Waals surface area contributed by atoms with Crippen LogP contribution in [-0.4, -0.2) is 7.68 Å². The standard InChI is InChI=1S/C7H14IS/c1-2-6-3-4-8-7(9)5-6/h6-7,9H,2-5H2,1H3/q-1. The summed E-state index contributed by atoms with van der Waals surface area (Å²) in [5.41, 5.74) is 0. The average Bonchev–Trinajstić information content (AvgIpc) is 1.88. The quantitative estimate of drug-likeness (QED) is 0.353. The van der Waals surface area contributed by atoms with E-state index in [0.29, 0.717) is 21.2 Å². The van der Waals surface area contributed by atoms with Crippen LogP contribution in [0.15, 0.2) is 0 Å². The first-order chi connectivity index (χ1) is 4.33. The third-order valence-electron chi connectivity index (χ3n) is 1.91. The van der Waals surface area contributed by atoms with Crippen molar-refractivity contribution in [1.29, 1.82) is 0 Å². The molecule has 0 aromatic heterocycles. The molecule has 1 fully saturated rings. The summed E-state index contributed by atoms with van der Waals surface area (Å²) < 4.78 is 2.34. The number of halogens is 1. The molecule has 1 aliphatic heterocycles. The van der Waals surface area contributed by atoms with Crippen LogP contribution in [0.1, 0.15) is 26.2 Å². The Kier molecular flexibility index (Phi) is 3.69. The predicted molar refractivity (Wildman–Crippen MR) is 40.7 cm³/mol. The summed E-state index contributed by atoms with van der Waals surface area (Å²) in [4.78, 5) is 0. The summed E-state index contributed by atoms with van der Waals surface area (Å²) in [6.45, 7) is 2.30. The summed E-state index contributed by atoms with van der Waals surface area (Å²) in [6, 6.07) is 0. The van der Waals surface area contributed by atoms with Crippen LogP contribution in [0.5, 0.6) is 0 Å². The molecule has 0 aliphatic carbocycles. The second-order valence-electron chi connectivity index (χ2n) is 2.58. The molecule has 1 aliphatic rings. The number of rotatable bonds is 1. The minimum absolute atomic E-state index is 0.483. The number of alkyl halides is 2. The van der Waals surface area contributed by atoms with E-state index in [9.17, 15) is 0 Å². The molecule has 1 saturated heterocycles. The van der Waals surface area contributed by atoms with Crippen molar-refractivity contribution in [2.75, 3.05) is 4.43 Å². The van der Waals surface area contributed by atoms with Crippen LogP contribution in [0.3, 0.4) is 0 Å². The molecule has 0 radical (unpaired) electrons. The number of thiol groups is 1. The Balaban J connectivity index is 2.23. The second-order valence-corrected chi connectivity index (χ2v) is 7.65. The Morgan fingerprint density at radius 3 is 2.89 bits per heavy atom. The first-order valence-corrected chi connectivity index (χ1v) is 6.87. The van der Waals surface area contributed by atoms with Crippen molar-refractivity contribution in [3.05, 3.63) is 0 Å². The molecule has 1 heterocycles. The van der Waals surface area contributed by atoms with Gasteiger partial charge in [-0.1, -0.05) is 0 Å². The molecule has 2 atom stereocenters. The monoisotopic (exact) mass is 257 g/mol. The summed E-state index contributed by atoms with van der Waals surface area (Å²) in [5.74, 6) is 1.01. The van der Waals surface area contributed by atoms with Crippen molar-refractivity contribution in [1.82, 2.24) is 0 Å². The molecule has 0 N–H and O–H groups in total. The van der Waals surface area contributed by atoms with Gasteiger partial charge in [0.1, 0.15) is 0 Å². The summed E-state index contributed by atoms with van der Waals surface area (Å²) in [7, 11) is 0. The maximum atomic E-state index is 4.52. The molecule has 56 valence electrons. The number of hydrogen-bond donors (Lipinski definition) is 1. The summed E-state index contributed by atoms with van der Waals surface area (Å²) in [6.07, 6.45) is 4.29. The van der Waals surface area contributed by atoms with Crippen molar-refractivity contribution in [2.24, 2.45) is 5.92 Å². The zero-order valence-electron chi connectivity index (χ0n) is 5.81. The average molecular weight is 257 g/mol. The molecule has 2 heteroatoms. The second kappa shape index (κ2) is 4.06. The van der Waals surface area contributed by atoms with Gasteiger partial charge in [-0.2, -0.15) is 0 Å². The van der Waals surface area contributed by atoms with Crippen LogP contribution in [0, 0.1) is 5.92 Å². The Morgan fingerprint density at radius 2 is 2.44 bits per heavy atom. The molecule has 9 heavy (non-hydrogen) atoms. The van der Waals surface area contributed by atoms with Crippen LogP contribution in [0.2, 0.25) is 0 Å². The Hall–Kier alpha value is 1.08. The van der Waals surface area contributed by atoms with Crippen molar-refractivity contribution in [3.63, 3.8) is 0 Å². The maximum absolute atomic E-state index is 4.52. The van der Waals surface area contributed by atoms with Gasteiger partial charge in [0.05, 0.1) is 0 Å². The van der Waals surface area contributed by atoms with Crippen LogP contribution in [0.4, 0.5) is 0 Å². The van der Waals surface area contributed by atoms with Crippen molar-refractivity contribution >= 4 is 12.6 Å². The van der Waals surface area contributed by atoms with E-state index in [2.05, 4.69) is 19.6 Å². The van der Waals surface area contributed by atoms with Gasteiger partial charge in [-0.25, -0.2) is 0 Å². The fourth-order valence-corrected chi connectivity index (χ4v) is 5.16. The topological polar surface area (TPSA) is 0 Å². The third-order valence-corrected chi connectivity index (χ3v) is 5.82. The number of hydrogen-bond acceptors (Lipinski definition) is 1. The van der Waals surface area contributed by atoms with Gasteiger partial charge in [0, 0.05) is 0 Å². The van der Waals surface area contributed by atoms with E-state index in [1.165, 1.54) is 23.7 Å². The molecular formula is C7H14IS-. The zero-order chi connectivity index (χ0) is 6.69. The van der Waals surface area contributed by atoms with E-state index < -0.39 is 0 Å². The van der Waals surface area contributed by atoms with Gasteiger partial charge in [0.2, 0.25) is 0 Å². The molecule has 0 nitrogen and oxygen atoms in total. The van der Waals surface area contributed by atoms with E-state index >= 15 is 0 Å². The molecule has 1 rings (SSSR count). The first-order valence-electron chi connectivity index (χ1n) is 3.58. The van der Waals surface area contributed by atoms with E-state index in [1.54, 1.807) is 0 Å². The van der Waals surface area contributed by atoms with E-state index in [1.807, 2.05) is 0 Å². The fraction of sp³-hybridized carbons (Fsp3) is 1.00. The van der Waals surface area contributed by atoms with Gasteiger partial charge in [-0.05, 0) is 0 Å². The van der Waals surface area contributed by atoms with Gasteiger partial charge in [0.25, 0.3) is 0 Å². The van der Waals surface area contributed by atoms with E-state index in [-0.39, 0.29) is 0 Å². The first kappa shape index (κ1) is 8.18. The van der Waals surface area contributed by atoms with Crippen LogP contribution < -0.4 is 21.2 Å². The zero-order valence-corrected chi connectivity index (χ0v) is 8.86. The normalized spacial score (nSPS) is 37.6. The van der Waals surface area contributed by atoms with Crippen molar-refractivity contribution in [3.8, 4) is 0 Å². The Morgan fingerprint density at radius 1 is 1.67 bits per heavy atom. The van der Waals surface area contributed by atoms with Crippen LogP contribution >= 0.6 is 12.6 Å². The predicted octanol–water partition coefficient (Wildman–Crippen LogP) is -0.849. The van der Waals surface area contributed by atoms with Gasteiger partial charge >= 0.3 is 73.6 Å². The molecule has 0 bridgehead atoms.